The maximum absolute atomic E-state index is 5.30. The summed E-state index contributed by atoms with van der Waals surface area (Å²) in [6, 6.07) is 7.55. The molecule has 0 spiro atoms. The lowest BCUT2D eigenvalue weighted by atomic mass is 10.2. The zero-order valence-corrected chi connectivity index (χ0v) is 23.6. The van der Waals surface area contributed by atoms with E-state index in [2.05, 4.69) is 70.5 Å². The Bertz CT molecular complexity index is 756. The van der Waals surface area contributed by atoms with E-state index in [1.54, 1.807) is 0 Å². The normalized spacial score (nSPS) is 31.6. The molecule has 5 rings (SSSR count). The number of aromatic nitrogens is 1. The molecule has 0 radical (unpaired) electrons. The highest BCUT2D eigenvalue weighted by Crippen LogP contribution is 2.28. The highest BCUT2D eigenvalue weighted by molar-refractivity contribution is 5.19. The largest absolute Gasteiger partial charge is 0.412 e. The van der Waals surface area contributed by atoms with E-state index in [4.69, 9.17) is 4.98 Å². The molecule has 39 heavy (non-hydrogen) atoms. The standard InChI is InChI=1S/C27H51N11.H2O/c1-4-24(26-34-20-22-18-32-12-10-28-6-2-8-30-14-16-37(22)26)36-25(5-1)27-35-21-23-19-33-13-11-29-7-3-9-31-15-17-38(23)27;/h1,4-5,22-23,26-35H,2-3,6-21H2;1H2/t22-,23-,26+,27+;/m0./s1. The highest BCUT2D eigenvalue weighted by Gasteiger charge is 2.37. The molecule has 12 heteroatoms. The van der Waals surface area contributed by atoms with Gasteiger partial charge in [-0.3, -0.25) is 25.4 Å². The minimum Gasteiger partial charge on any atom is -0.412 e. The van der Waals surface area contributed by atoms with Crippen molar-refractivity contribution in [2.45, 2.75) is 37.3 Å². The third kappa shape index (κ3) is 8.85. The van der Waals surface area contributed by atoms with Crippen LogP contribution in [0, 0.1) is 0 Å². The molecule has 0 aliphatic carbocycles. The zero-order chi connectivity index (χ0) is 25.8. The van der Waals surface area contributed by atoms with Gasteiger partial charge in [0.15, 0.2) is 0 Å². The molecular formula is C27H53N11O. The minimum absolute atomic E-state index is 0. The molecule has 4 aliphatic rings. The molecule has 5 heterocycles. The van der Waals surface area contributed by atoms with Crippen molar-refractivity contribution in [1.29, 1.82) is 0 Å². The molecule has 1 aromatic heterocycles. The molecular weight excluding hydrogens is 494 g/mol. The van der Waals surface area contributed by atoms with Gasteiger partial charge < -0.3 is 37.4 Å². The summed E-state index contributed by atoms with van der Waals surface area (Å²) in [4.78, 5) is 10.5. The van der Waals surface area contributed by atoms with Gasteiger partial charge in [0.25, 0.3) is 0 Å². The van der Waals surface area contributed by atoms with Gasteiger partial charge in [0.05, 0.1) is 11.4 Å². The number of nitrogens with one attached hydrogen (secondary N) is 8. The van der Waals surface area contributed by atoms with Crippen molar-refractivity contribution in [2.75, 3.05) is 105 Å². The maximum Gasteiger partial charge on any atom is 0.104 e. The molecule has 12 nitrogen and oxygen atoms in total. The molecule has 0 aromatic carbocycles. The van der Waals surface area contributed by atoms with Crippen LogP contribution in [0.15, 0.2) is 18.2 Å². The van der Waals surface area contributed by atoms with Crippen molar-refractivity contribution in [3.63, 3.8) is 0 Å². The van der Waals surface area contributed by atoms with E-state index in [1.807, 2.05) is 0 Å². The second kappa shape index (κ2) is 16.8. The summed E-state index contributed by atoms with van der Waals surface area (Å²) in [7, 11) is 0. The van der Waals surface area contributed by atoms with Crippen molar-refractivity contribution in [3.8, 4) is 0 Å². The predicted octanol–water partition coefficient (Wildman–Crippen LogP) is -2.85. The van der Waals surface area contributed by atoms with E-state index in [-0.39, 0.29) is 17.8 Å². The smallest absolute Gasteiger partial charge is 0.104 e. The third-order valence-corrected chi connectivity index (χ3v) is 8.27. The zero-order valence-electron chi connectivity index (χ0n) is 23.6. The Morgan fingerprint density at radius 3 is 1.46 bits per heavy atom. The van der Waals surface area contributed by atoms with Gasteiger partial charge in [-0.05, 0) is 51.2 Å². The summed E-state index contributed by atoms with van der Waals surface area (Å²) in [5, 5.41) is 29.3. The van der Waals surface area contributed by atoms with Crippen LogP contribution in [0.2, 0.25) is 0 Å². The average molecular weight is 548 g/mol. The van der Waals surface area contributed by atoms with Crippen LogP contribution in [0.1, 0.15) is 36.6 Å². The Morgan fingerprint density at radius 2 is 0.974 bits per heavy atom. The van der Waals surface area contributed by atoms with Gasteiger partial charge in [-0.1, -0.05) is 6.07 Å². The number of nitrogens with zero attached hydrogens (tertiary/aromatic N) is 3. The van der Waals surface area contributed by atoms with Crippen molar-refractivity contribution < 1.29 is 5.48 Å². The average Bonchev–Trinajstić information content (AvgIpc) is 3.54. The van der Waals surface area contributed by atoms with Crippen LogP contribution in [0.3, 0.4) is 0 Å². The summed E-state index contributed by atoms with van der Waals surface area (Å²) >= 11 is 0. The van der Waals surface area contributed by atoms with Crippen molar-refractivity contribution in [1.82, 2.24) is 57.3 Å². The van der Waals surface area contributed by atoms with Crippen LogP contribution in [0.5, 0.6) is 0 Å². The Kier molecular flexibility index (Phi) is 13.2. The van der Waals surface area contributed by atoms with Crippen LogP contribution in [-0.2, 0) is 0 Å². The summed E-state index contributed by atoms with van der Waals surface area (Å²) < 4.78 is 0. The van der Waals surface area contributed by atoms with Gasteiger partial charge >= 0.3 is 0 Å². The lowest BCUT2D eigenvalue weighted by Gasteiger charge is -2.31. The molecule has 222 valence electrons. The van der Waals surface area contributed by atoms with Crippen LogP contribution in [-0.4, -0.2) is 137 Å². The van der Waals surface area contributed by atoms with Gasteiger partial charge in [-0.25, -0.2) is 0 Å². The molecule has 1 aromatic rings. The molecule has 0 bridgehead atoms. The van der Waals surface area contributed by atoms with Crippen LogP contribution >= 0.6 is 0 Å². The van der Waals surface area contributed by atoms with Crippen LogP contribution in [0.4, 0.5) is 0 Å². The quantitative estimate of drug-likeness (QED) is 0.194. The molecule has 4 fully saturated rings. The first kappa shape index (κ1) is 30.7. The van der Waals surface area contributed by atoms with E-state index in [1.165, 1.54) is 12.8 Å². The summed E-state index contributed by atoms with van der Waals surface area (Å²) in [6.07, 6.45) is 2.63. The number of fused-ring (bicyclic) bond motifs is 2. The maximum atomic E-state index is 5.30. The van der Waals surface area contributed by atoms with Crippen molar-refractivity contribution >= 4 is 0 Å². The lowest BCUT2D eigenvalue weighted by molar-refractivity contribution is 0.177. The van der Waals surface area contributed by atoms with E-state index < -0.39 is 0 Å². The van der Waals surface area contributed by atoms with Crippen LogP contribution < -0.4 is 42.5 Å². The number of hydrogen-bond acceptors (Lipinski definition) is 11. The van der Waals surface area contributed by atoms with Crippen molar-refractivity contribution in [3.05, 3.63) is 29.6 Å². The molecule has 0 unspecified atom stereocenters. The highest BCUT2D eigenvalue weighted by atomic mass is 16.0. The number of rotatable bonds is 2. The van der Waals surface area contributed by atoms with Gasteiger partial charge in [-0.15, -0.1) is 0 Å². The van der Waals surface area contributed by atoms with E-state index >= 15 is 0 Å². The van der Waals surface area contributed by atoms with Gasteiger partial charge in [0, 0.05) is 90.6 Å². The van der Waals surface area contributed by atoms with Gasteiger partial charge in [0.2, 0.25) is 0 Å². The molecule has 4 aliphatic heterocycles. The molecule has 4 atom stereocenters. The van der Waals surface area contributed by atoms with Crippen LogP contribution in [0.25, 0.3) is 0 Å². The minimum atomic E-state index is 0. The predicted molar refractivity (Wildman–Crippen MR) is 157 cm³/mol. The van der Waals surface area contributed by atoms with Crippen molar-refractivity contribution in [2.24, 2.45) is 0 Å². The second-order valence-corrected chi connectivity index (χ2v) is 11.0. The monoisotopic (exact) mass is 547 g/mol. The Labute approximate surface area is 234 Å². The first-order valence-electron chi connectivity index (χ1n) is 15.1. The molecule has 4 saturated heterocycles. The first-order chi connectivity index (χ1) is 18.9. The topological polar surface area (TPSA) is 147 Å². The Hall–Kier alpha value is -1.29. The van der Waals surface area contributed by atoms with E-state index in [0.717, 1.165) is 116 Å². The first-order valence-corrected chi connectivity index (χ1v) is 15.1. The number of hydrogen-bond donors (Lipinski definition) is 8. The van der Waals surface area contributed by atoms with Gasteiger partial charge in [-0.2, -0.15) is 0 Å². The molecule has 0 saturated carbocycles. The SMILES string of the molecule is O.c1cc([C@@H]2NC[C@@H]3CNCCNCCCNCCN32)nc([C@@H]2NC[C@@H]3CNCCNCCCNCCN32)c1. The Balaban J connectivity index is 0.00000353. The lowest BCUT2D eigenvalue weighted by Crippen LogP contribution is -2.44. The fourth-order valence-corrected chi connectivity index (χ4v) is 6.19. The van der Waals surface area contributed by atoms with E-state index in [9.17, 15) is 0 Å². The number of pyridine rings is 1. The summed E-state index contributed by atoms with van der Waals surface area (Å²) in [6.45, 7) is 16.4. The second-order valence-electron chi connectivity index (χ2n) is 11.0. The van der Waals surface area contributed by atoms with E-state index in [0.29, 0.717) is 12.1 Å². The molecule has 0 amide bonds. The Morgan fingerprint density at radius 1 is 0.538 bits per heavy atom. The fourth-order valence-electron chi connectivity index (χ4n) is 6.19. The van der Waals surface area contributed by atoms with Gasteiger partial charge in [0.1, 0.15) is 12.3 Å². The molecule has 10 N–H and O–H groups in total. The summed E-state index contributed by atoms with van der Waals surface area (Å²) in [5.41, 5.74) is 2.27. The third-order valence-electron chi connectivity index (χ3n) is 8.27. The summed E-state index contributed by atoms with van der Waals surface area (Å²) in [5.74, 6) is 0. The fraction of sp³-hybridized carbons (Fsp3) is 0.815.